The standard InChI is InChI=1S/C8H12N2O2/c1-4-5(6(9)11)7(12)10-8(4,2)3/h1-3H3,(H2,9,11)(H,10,12). The van der Waals surface area contributed by atoms with Gasteiger partial charge in [0.1, 0.15) is 5.57 Å². The molecule has 0 aliphatic carbocycles. The maximum absolute atomic E-state index is 11.2. The molecule has 2 amide bonds. The first-order valence-corrected chi connectivity index (χ1v) is 3.70. The van der Waals surface area contributed by atoms with Crippen molar-refractivity contribution < 1.29 is 9.59 Å². The van der Waals surface area contributed by atoms with Crippen molar-refractivity contribution in [2.45, 2.75) is 26.3 Å². The minimum Gasteiger partial charge on any atom is -0.365 e. The van der Waals surface area contributed by atoms with Crippen molar-refractivity contribution in [3.8, 4) is 0 Å². The van der Waals surface area contributed by atoms with Crippen LogP contribution in [0.2, 0.25) is 0 Å². The van der Waals surface area contributed by atoms with Crippen molar-refractivity contribution in [1.82, 2.24) is 5.32 Å². The Morgan fingerprint density at radius 3 is 2.17 bits per heavy atom. The molecule has 0 saturated carbocycles. The van der Waals surface area contributed by atoms with Gasteiger partial charge in [-0.25, -0.2) is 0 Å². The van der Waals surface area contributed by atoms with Crippen LogP contribution in [0.5, 0.6) is 0 Å². The van der Waals surface area contributed by atoms with Crippen LogP contribution in [0.25, 0.3) is 0 Å². The van der Waals surface area contributed by atoms with E-state index in [1.165, 1.54) is 0 Å². The SMILES string of the molecule is CC1=C(C(N)=O)C(=O)NC1(C)C. The van der Waals surface area contributed by atoms with E-state index in [1.54, 1.807) is 6.92 Å². The zero-order valence-corrected chi connectivity index (χ0v) is 7.39. The van der Waals surface area contributed by atoms with Crippen LogP contribution in [0.4, 0.5) is 0 Å². The Labute approximate surface area is 70.8 Å². The van der Waals surface area contributed by atoms with Gasteiger partial charge in [-0.2, -0.15) is 0 Å². The van der Waals surface area contributed by atoms with Crippen molar-refractivity contribution in [1.29, 1.82) is 0 Å². The van der Waals surface area contributed by atoms with E-state index in [0.717, 1.165) is 0 Å². The number of primary amides is 1. The third-order valence-electron chi connectivity index (χ3n) is 2.21. The van der Waals surface area contributed by atoms with Crippen molar-refractivity contribution in [3.63, 3.8) is 0 Å². The predicted molar refractivity (Wildman–Crippen MR) is 44.1 cm³/mol. The molecule has 0 aromatic rings. The lowest BCUT2D eigenvalue weighted by Crippen LogP contribution is -2.38. The van der Waals surface area contributed by atoms with Gasteiger partial charge in [-0.1, -0.05) is 0 Å². The van der Waals surface area contributed by atoms with Crippen LogP contribution < -0.4 is 11.1 Å². The summed E-state index contributed by atoms with van der Waals surface area (Å²) in [6.07, 6.45) is 0. The van der Waals surface area contributed by atoms with Crippen molar-refractivity contribution in [3.05, 3.63) is 11.1 Å². The molecule has 0 radical (unpaired) electrons. The molecule has 3 N–H and O–H groups in total. The van der Waals surface area contributed by atoms with Gasteiger partial charge >= 0.3 is 0 Å². The van der Waals surface area contributed by atoms with E-state index < -0.39 is 11.4 Å². The van der Waals surface area contributed by atoms with Crippen LogP contribution in [0.15, 0.2) is 11.1 Å². The summed E-state index contributed by atoms with van der Waals surface area (Å²) in [4.78, 5) is 22.0. The largest absolute Gasteiger partial charge is 0.365 e. The Bertz CT molecular complexity index is 289. The van der Waals surface area contributed by atoms with Gasteiger partial charge in [0.15, 0.2) is 0 Å². The molecule has 0 spiro atoms. The lowest BCUT2D eigenvalue weighted by molar-refractivity contribution is -0.121. The quantitative estimate of drug-likeness (QED) is 0.527. The number of amides is 2. The van der Waals surface area contributed by atoms with E-state index in [9.17, 15) is 9.59 Å². The van der Waals surface area contributed by atoms with Crippen molar-refractivity contribution in [2.75, 3.05) is 0 Å². The van der Waals surface area contributed by atoms with Crippen molar-refractivity contribution >= 4 is 11.8 Å². The summed E-state index contributed by atoms with van der Waals surface area (Å²) in [5, 5.41) is 2.66. The Kier molecular flexibility index (Phi) is 1.71. The number of hydrogen-bond donors (Lipinski definition) is 2. The Balaban J connectivity index is 3.20. The van der Waals surface area contributed by atoms with Crippen LogP contribution in [-0.2, 0) is 9.59 Å². The molecule has 1 aliphatic rings. The molecule has 0 bridgehead atoms. The van der Waals surface area contributed by atoms with E-state index in [4.69, 9.17) is 5.73 Å². The summed E-state index contributed by atoms with van der Waals surface area (Å²) < 4.78 is 0. The smallest absolute Gasteiger partial charge is 0.257 e. The number of nitrogens with two attached hydrogens (primary N) is 1. The first-order chi connectivity index (χ1) is 5.36. The van der Waals surface area contributed by atoms with Gasteiger partial charge in [-0.05, 0) is 26.3 Å². The minimum absolute atomic E-state index is 0.0972. The summed E-state index contributed by atoms with van der Waals surface area (Å²) in [6, 6.07) is 0. The number of carbonyl (C=O) groups is 2. The third kappa shape index (κ3) is 1.09. The highest BCUT2D eigenvalue weighted by Crippen LogP contribution is 2.25. The molecule has 12 heavy (non-hydrogen) atoms. The number of nitrogens with one attached hydrogen (secondary N) is 1. The monoisotopic (exact) mass is 168 g/mol. The van der Waals surface area contributed by atoms with Gasteiger partial charge in [-0.15, -0.1) is 0 Å². The first kappa shape index (κ1) is 8.77. The summed E-state index contributed by atoms with van der Waals surface area (Å²) in [5.74, 6) is -1.03. The van der Waals surface area contributed by atoms with Gasteiger partial charge in [-0.3, -0.25) is 9.59 Å². The number of hydrogen-bond acceptors (Lipinski definition) is 2. The second kappa shape index (κ2) is 2.33. The van der Waals surface area contributed by atoms with E-state index in [0.29, 0.717) is 5.57 Å². The fourth-order valence-corrected chi connectivity index (χ4v) is 1.22. The van der Waals surface area contributed by atoms with E-state index in [1.807, 2.05) is 13.8 Å². The summed E-state index contributed by atoms with van der Waals surface area (Å²) in [6.45, 7) is 5.39. The first-order valence-electron chi connectivity index (χ1n) is 3.70. The minimum atomic E-state index is -0.657. The Hall–Kier alpha value is -1.32. The maximum atomic E-state index is 11.2. The van der Waals surface area contributed by atoms with Crippen LogP contribution in [0.3, 0.4) is 0 Å². The lowest BCUT2D eigenvalue weighted by Gasteiger charge is -2.19. The highest BCUT2D eigenvalue weighted by atomic mass is 16.2. The van der Waals surface area contributed by atoms with Crippen LogP contribution in [0, 0.1) is 0 Å². The number of rotatable bonds is 1. The molecular weight excluding hydrogens is 156 g/mol. The average molecular weight is 168 g/mol. The van der Waals surface area contributed by atoms with Gasteiger partial charge < -0.3 is 11.1 Å². The van der Waals surface area contributed by atoms with Gasteiger partial charge in [0.25, 0.3) is 11.8 Å². The van der Waals surface area contributed by atoms with Gasteiger partial charge in [0.05, 0.1) is 5.54 Å². The molecular formula is C8H12N2O2. The Morgan fingerprint density at radius 1 is 1.50 bits per heavy atom. The second-order valence-corrected chi connectivity index (χ2v) is 3.44. The Morgan fingerprint density at radius 2 is 2.00 bits per heavy atom. The molecule has 1 aliphatic heterocycles. The fraction of sp³-hybridized carbons (Fsp3) is 0.500. The maximum Gasteiger partial charge on any atom is 0.257 e. The molecule has 0 unspecified atom stereocenters. The molecule has 4 nitrogen and oxygen atoms in total. The summed E-state index contributed by atoms with van der Waals surface area (Å²) in [5.41, 5.74) is 5.40. The van der Waals surface area contributed by atoms with Crippen LogP contribution in [0.1, 0.15) is 20.8 Å². The average Bonchev–Trinajstić information content (AvgIpc) is 2.02. The summed E-state index contributed by atoms with van der Waals surface area (Å²) in [7, 11) is 0. The zero-order valence-electron chi connectivity index (χ0n) is 7.39. The van der Waals surface area contributed by atoms with E-state index in [2.05, 4.69) is 5.32 Å². The topological polar surface area (TPSA) is 72.2 Å². The molecule has 0 atom stereocenters. The third-order valence-corrected chi connectivity index (χ3v) is 2.21. The molecule has 0 aromatic carbocycles. The van der Waals surface area contributed by atoms with Gasteiger partial charge in [0, 0.05) is 0 Å². The van der Waals surface area contributed by atoms with Crippen molar-refractivity contribution in [2.24, 2.45) is 5.73 Å². The molecule has 0 fully saturated rings. The molecule has 0 aromatic heterocycles. The van der Waals surface area contributed by atoms with E-state index in [-0.39, 0.29) is 11.5 Å². The second-order valence-electron chi connectivity index (χ2n) is 3.44. The molecule has 66 valence electrons. The molecule has 1 heterocycles. The highest BCUT2D eigenvalue weighted by molar-refractivity contribution is 6.20. The lowest BCUT2D eigenvalue weighted by atomic mass is 9.96. The summed E-state index contributed by atoms with van der Waals surface area (Å²) >= 11 is 0. The number of carbonyl (C=O) groups excluding carboxylic acids is 2. The fourth-order valence-electron chi connectivity index (χ4n) is 1.22. The predicted octanol–water partition coefficient (Wildman–Crippen LogP) is -0.303. The normalized spacial score (nSPS) is 21.1. The van der Waals surface area contributed by atoms with Gasteiger partial charge in [0.2, 0.25) is 0 Å². The molecule has 4 heteroatoms. The van der Waals surface area contributed by atoms with Crippen LogP contribution >= 0.6 is 0 Å². The zero-order chi connectivity index (χ0) is 9.52. The molecule has 0 saturated heterocycles. The van der Waals surface area contributed by atoms with Crippen LogP contribution in [-0.4, -0.2) is 17.4 Å². The van der Waals surface area contributed by atoms with E-state index >= 15 is 0 Å². The molecule has 1 rings (SSSR count). The highest BCUT2D eigenvalue weighted by Gasteiger charge is 2.37.